The van der Waals surface area contributed by atoms with Crippen LogP contribution in [0.2, 0.25) is 0 Å². The van der Waals surface area contributed by atoms with E-state index in [9.17, 15) is 37.9 Å². The van der Waals surface area contributed by atoms with Gasteiger partial charge in [-0.2, -0.15) is 8.42 Å². The number of ether oxygens (including phenoxy) is 4. The first-order valence-electron chi connectivity index (χ1n) is 18.1. The van der Waals surface area contributed by atoms with E-state index < -0.39 is 71.2 Å². The summed E-state index contributed by atoms with van der Waals surface area (Å²) in [7, 11) is -4.59. The minimum atomic E-state index is -4.59. The summed E-state index contributed by atoms with van der Waals surface area (Å²) in [4.78, 5) is 25.1. The molecule has 0 aromatic heterocycles. The molecule has 47 heavy (non-hydrogen) atoms. The number of aliphatic hydroxyl groups is 3. The van der Waals surface area contributed by atoms with Crippen LogP contribution in [0, 0.1) is 0 Å². The van der Waals surface area contributed by atoms with E-state index in [-0.39, 0.29) is 19.4 Å². The predicted molar refractivity (Wildman–Crippen MR) is 178 cm³/mol. The molecule has 1 rings (SSSR count). The van der Waals surface area contributed by atoms with Crippen LogP contribution in [0.1, 0.15) is 149 Å². The first kappa shape index (κ1) is 43.7. The second-order valence-corrected chi connectivity index (χ2v) is 14.4. The van der Waals surface area contributed by atoms with Gasteiger partial charge in [0.15, 0.2) is 12.4 Å². The van der Waals surface area contributed by atoms with Crippen molar-refractivity contribution in [1.29, 1.82) is 0 Å². The first-order chi connectivity index (χ1) is 22.5. The average molecular weight is 697 g/mol. The van der Waals surface area contributed by atoms with Crippen molar-refractivity contribution in [2.75, 3.05) is 19.0 Å². The number of carbonyl (C=O) groups excluding carboxylic acids is 2. The van der Waals surface area contributed by atoms with E-state index in [0.717, 1.165) is 38.5 Å². The standard InChI is InChI=1S/C34H64O12S/c1-3-5-7-9-11-13-15-17-19-21-23-30(36)45-27(24-43-29(35)22-20-18-16-14-12-10-8-6-4-2)25-44-34-33(39)32(38)31(37)28(46-34)26-47(40,41)42/h27-28,31-34,37-39H,3-26H2,1-2H3,(H,40,41,42). The van der Waals surface area contributed by atoms with Crippen molar-refractivity contribution in [3.63, 3.8) is 0 Å². The minimum absolute atomic E-state index is 0.170. The molecule has 0 aliphatic carbocycles. The summed E-state index contributed by atoms with van der Waals surface area (Å²) < 4.78 is 53.6. The van der Waals surface area contributed by atoms with Crippen LogP contribution in [0.5, 0.6) is 0 Å². The normalized spacial score (nSPS) is 22.2. The maximum atomic E-state index is 12.6. The second-order valence-electron chi connectivity index (χ2n) is 12.9. The fourth-order valence-electron chi connectivity index (χ4n) is 5.56. The number of carbonyl (C=O) groups is 2. The molecule has 0 amide bonds. The van der Waals surface area contributed by atoms with Crippen LogP contribution < -0.4 is 0 Å². The van der Waals surface area contributed by atoms with Crippen LogP contribution >= 0.6 is 0 Å². The Morgan fingerprint density at radius 3 is 1.55 bits per heavy atom. The van der Waals surface area contributed by atoms with Gasteiger partial charge in [-0.1, -0.05) is 123 Å². The van der Waals surface area contributed by atoms with Gasteiger partial charge in [0.05, 0.1) is 6.61 Å². The van der Waals surface area contributed by atoms with E-state index in [1.165, 1.54) is 70.6 Å². The number of rotatable bonds is 29. The highest BCUT2D eigenvalue weighted by molar-refractivity contribution is 7.85. The molecular weight excluding hydrogens is 632 g/mol. The maximum Gasteiger partial charge on any atom is 0.306 e. The quantitative estimate of drug-likeness (QED) is 0.0445. The van der Waals surface area contributed by atoms with Crippen molar-refractivity contribution in [1.82, 2.24) is 0 Å². The predicted octanol–water partition coefficient (Wildman–Crippen LogP) is 5.39. The van der Waals surface area contributed by atoms with Gasteiger partial charge in [-0.05, 0) is 12.8 Å². The molecule has 0 saturated carbocycles. The van der Waals surface area contributed by atoms with E-state index in [2.05, 4.69) is 13.8 Å². The number of esters is 2. The lowest BCUT2D eigenvalue weighted by atomic mass is 10.00. The average Bonchev–Trinajstić information content (AvgIpc) is 3.02. The molecule has 4 N–H and O–H groups in total. The van der Waals surface area contributed by atoms with E-state index in [1.54, 1.807) is 0 Å². The molecule has 0 radical (unpaired) electrons. The van der Waals surface area contributed by atoms with Crippen LogP contribution in [0.25, 0.3) is 0 Å². The van der Waals surface area contributed by atoms with E-state index in [0.29, 0.717) is 12.8 Å². The largest absolute Gasteiger partial charge is 0.462 e. The van der Waals surface area contributed by atoms with Crippen molar-refractivity contribution >= 4 is 22.1 Å². The zero-order chi connectivity index (χ0) is 34.9. The molecule has 0 bridgehead atoms. The second kappa shape index (κ2) is 26.5. The van der Waals surface area contributed by atoms with Crippen molar-refractivity contribution in [3.05, 3.63) is 0 Å². The molecule has 1 fully saturated rings. The van der Waals surface area contributed by atoms with E-state index in [4.69, 9.17) is 18.9 Å². The fourth-order valence-corrected chi connectivity index (χ4v) is 6.25. The molecule has 1 heterocycles. The topological polar surface area (TPSA) is 186 Å². The van der Waals surface area contributed by atoms with Gasteiger partial charge < -0.3 is 34.3 Å². The Bertz CT molecular complexity index is 915. The summed E-state index contributed by atoms with van der Waals surface area (Å²) in [6, 6.07) is 0. The summed E-state index contributed by atoms with van der Waals surface area (Å²) in [6.45, 7) is 3.68. The Hall–Kier alpha value is -1.35. The third kappa shape index (κ3) is 22.1. The molecule has 12 nitrogen and oxygen atoms in total. The Morgan fingerprint density at radius 2 is 1.09 bits per heavy atom. The fraction of sp³-hybridized carbons (Fsp3) is 0.941. The lowest BCUT2D eigenvalue weighted by molar-refractivity contribution is -0.297. The number of unbranched alkanes of at least 4 members (excludes halogenated alkanes) is 17. The Labute approximate surface area is 283 Å². The highest BCUT2D eigenvalue weighted by Gasteiger charge is 2.46. The van der Waals surface area contributed by atoms with Gasteiger partial charge in [-0.25, -0.2) is 0 Å². The summed E-state index contributed by atoms with van der Waals surface area (Å²) in [5.41, 5.74) is 0. The van der Waals surface area contributed by atoms with Crippen LogP contribution in [0.15, 0.2) is 0 Å². The smallest absolute Gasteiger partial charge is 0.306 e. The molecule has 13 heteroatoms. The van der Waals surface area contributed by atoms with Gasteiger partial charge in [0.1, 0.15) is 36.8 Å². The first-order valence-corrected chi connectivity index (χ1v) is 19.7. The Morgan fingerprint density at radius 1 is 0.638 bits per heavy atom. The molecule has 0 aromatic rings. The molecule has 0 aromatic carbocycles. The Kier molecular flexibility index (Phi) is 24.6. The van der Waals surface area contributed by atoms with E-state index in [1.807, 2.05) is 0 Å². The molecule has 1 aliphatic heterocycles. The number of aliphatic hydroxyl groups excluding tert-OH is 3. The molecule has 6 atom stereocenters. The number of hydrogen-bond donors (Lipinski definition) is 4. The molecular formula is C34H64O12S. The maximum absolute atomic E-state index is 12.6. The zero-order valence-corrected chi connectivity index (χ0v) is 29.7. The highest BCUT2D eigenvalue weighted by atomic mass is 32.2. The number of hydrogen-bond acceptors (Lipinski definition) is 11. The summed E-state index contributed by atoms with van der Waals surface area (Å²) in [5, 5.41) is 30.6. The summed E-state index contributed by atoms with van der Waals surface area (Å²) in [5.74, 6) is -1.98. The molecule has 1 saturated heterocycles. The van der Waals surface area contributed by atoms with Gasteiger partial charge in [0.2, 0.25) is 0 Å². The van der Waals surface area contributed by atoms with Crippen molar-refractivity contribution in [3.8, 4) is 0 Å². The van der Waals surface area contributed by atoms with Crippen LogP contribution in [0.3, 0.4) is 0 Å². The van der Waals surface area contributed by atoms with Crippen molar-refractivity contribution < 1.29 is 56.8 Å². The molecule has 6 unspecified atom stereocenters. The SMILES string of the molecule is CCCCCCCCCCCCC(=O)OC(COC(=O)CCCCCCCCCCC)COC1OC(CS(=O)(=O)O)C(O)C(O)C1O. The van der Waals surface area contributed by atoms with Gasteiger partial charge in [-0.15, -0.1) is 0 Å². The summed E-state index contributed by atoms with van der Waals surface area (Å²) in [6.07, 6.45) is 11.9. The van der Waals surface area contributed by atoms with E-state index >= 15 is 0 Å². The third-order valence-corrected chi connectivity index (χ3v) is 9.19. The monoisotopic (exact) mass is 696 g/mol. The lowest BCUT2D eigenvalue weighted by Crippen LogP contribution is -2.60. The van der Waals surface area contributed by atoms with Crippen LogP contribution in [0.4, 0.5) is 0 Å². The van der Waals surface area contributed by atoms with Gasteiger partial charge in [0, 0.05) is 12.8 Å². The minimum Gasteiger partial charge on any atom is -0.462 e. The van der Waals surface area contributed by atoms with Crippen molar-refractivity contribution in [2.45, 2.75) is 185 Å². The Balaban J connectivity index is 2.57. The molecule has 0 spiro atoms. The summed E-state index contributed by atoms with van der Waals surface area (Å²) >= 11 is 0. The van der Waals surface area contributed by atoms with Gasteiger partial charge in [-0.3, -0.25) is 14.1 Å². The lowest BCUT2D eigenvalue weighted by Gasteiger charge is -2.40. The highest BCUT2D eigenvalue weighted by Crippen LogP contribution is 2.24. The molecule has 1 aliphatic rings. The van der Waals surface area contributed by atoms with Crippen LogP contribution in [-0.4, -0.2) is 96.0 Å². The zero-order valence-electron chi connectivity index (χ0n) is 28.9. The molecule has 278 valence electrons. The van der Waals surface area contributed by atoms with Gasteiger partial charge >= 0.3 is 11.9 Å². The van der Waals surface area contributed by atoms with Crippen molar-refractivity contribution in [2.24, 2.45) is 0 Å². The van der Waals surface area contributed by atoms with Crippen LogP contribution in [-0.2, 0) is 38.7 Å². The van der Waals surface area contributed by atoms with Gasteiger partial charge in [0.25, 0.3) is 10.1 Å². The third-order valence-electron chi connectivity index (χ3n) is 8.44.